The van der Waals surface area contributed by atoms with Crippen molar-refractivity contribution in [3.05, 3.63) is 0 Å². The van der Waals surface area contributed by atoms with Gasteiger partial charge in [-0.1, -0.05) is 208 Å². The average molecular weight is 737 g/mol. The molecule has 1 unspecified atom stereocenters. The van der Waals surface area contributed by atoms with Crippen LogP contribution in [-0.2, 0) is 28.6 Å². The van der Waals surface area contributed by atoms with Gasteiger partial charge in [-0.15, -0.1) is 0 Å². The molecule has 0 aromatic carbocycles. The number of unbranched alkanes of at least 4 members (excludes halogenated alkanes) is 24. The van der Waals surface area contributed by atoms with E-state index in [9.17, 15) is 14.4 Å². The summed E-state index contributed by atoms with van der Waals surface area (Å²) < 4.78 is 16.7. The molecule has 0 heterocycles. The molecule has 0 rings (SSSR count). The maximum atomic E-state index is 12.7. The van der Waals surface area contributed by atoms with Gasteiger partial charge >= 0.3 is 17.9 Å². The Kier molecular flexibility index (Phi) is 37.9. The third-order valence-corrected chi connectivity index (χ3v) is 10.6. The summed E-state index contributed by atoms with van der Waals surface area (Å²) in [5.41, 5.74) is 0. The Balaban J connectivity index is 4.32. The number of ether oxygens (including phenoxy) is 3. The van der Waals surface area contributed by atoms with Crippen LogP contribution in [0.2, 0.25) is 0 Å². The van der Waals surface area contributed by atoms with E-state index in [0.29, 0.717) is 19.3 Å². The highest BCUT2D eigenvalue weighted by molar-refractivity contribution is 5.71. The van der Waals surface area contributed by atoms with Gasteiger partial charge in [-0.25, -0.2) is 0 Å². The molecule has 0 spiro atoms. The van der Waals surface area contributed by atoms with Crippen LogP contribution in [0.3, 0.4) is 0 Å². The van der Waals surface area contributed by atoms with E-state index in [4.69, 9.17) is 14.2 Å². The fraction of sp³-hybridized carbons (Fsp3) is 0.935. The Hall–Kier alpha value is -1.59. The summed E-state index contributed by atoms with van der Waals surface area (Å²) in [7, 11) is 0. The molecule has 2 atom stereocenters. The highest BCUT2D eigenvalue weighted by Crippen LogP contribution is 2.17. The van der Waals surface area contributed by atoms with Crippen molar-refractivity contribution in [2.45, 2.75) is 253 Å². The number of rotatable bonds is 40. The van der Waals surface area contributed by atoms with Crippen LogP contribution in [0.15, 0.2) is 0 Å². The van der Waals surface area contributed by atoms with Gasteiger partial charge in [-0.3, -0.25) is 14.4 Å². The van der Waals surface area contributed by atoms with Crippen molar-refractivity contribution in [1.29, 1.82) is 0 Å². The first-order valence-electron chi connectivity index (χ1n) is 22.8. The number of hydrogen-bond acceptors (Lipinski definition) is 6. The SMILES string of the molecule is CCCCCCCCCCCCCCCCC(=O)OC[C@H](COC(=O)CCCCCCCCC(C)CC)OC(=O)CCCCCCCCCC(C)C. The smallest absolute Gasteiger partial charge is 0.306 e. The first-order valence-corrected chi connectivity index (χ1v) is 22.8. The second-order valence-corrected chi connectivity index (χ2v) is 16.4. The summed E-state index contributed by atoms with van der Waals surface area (Å²) in [4.78, 5) is 37.7. The topological polar surface area (TPSA) is 78.9 Å². The Morgan fingerprint density at radius 1 is 0.404 bits per heavy atom. The lowest BCUT2D eigenvalue weighted by atomic mass is 10.00. The van der Waals surface area contributed by atoms with Crippen LogP contribution < -0.4 is 0 Å². The Morgan fingerprint density at radius 2 is 0.731 bits per heavy atom. The van der Waals surface area contributed by atoms with Crippen molar-refractivity contribution in [1.82, 2.24) is 0 Å². The number of carbonyl (C=O) groups excluding carboxylic acids is 3. The third-order valence-electron chi connectivity index (χ3n) is 10.6. The van der Waals surface area contributed by atoms with Gasteiger partial charge in [0.05, 0.1) is 0 Å². The van der Waals surface area contributed by atoms with Crippen LogP contribution in [0.1, 0.15) is 247 Å². The number of carbonyl (C=O) groups is 3. The normalized spacial score (nSPS) is 12.6. The summed E-state index contributed by atoms with van der Waals surface area (Å²) in [5, 5.41) is 0. The molecule has 0 saturated carbocycles. The van der Waals surface area contributed by atoms with Gasteiger partial charge in [-0.2, -0.15) is 0 Å². The monoisotopic (exact) mass is 737 g/mol. The number of esters is 3. The quantitative estimate of drug-likeness (QED) is 0.0354. The largest absolute Gasteiger partial charge is 0.462 e. The van der Waals surface area contributed by atoms with E-state index in [1.807, 2.05) is 0 Å². The van der Waals surface area contributed by atoms with Crippen LogP contribution in [-0.4, -0.2) is 37.2 Å². The minimum atomic E-state index is -0.761. The van der Waals surface area contributed by atoms with Crippen LogP contribution in [0.4, 0.5) is 0 Å². The summed E-state index contributed by atoms with van der Waals surface area (Å²) in [6, 6.07) is 0. The molecule has 6 heteroatoms. The van der Waals surface area contributed by atoms with Crippen molar-refractivity contribution >= 4 is 17.9 Å². The molecule has 0 saturated heterocycles. The first kappa shape index (κ1) is 50.4. The molecule has 0 radical (unpaired) electrons. The zero-order chi connectivity index (χ0) is 38.3. The minimum Gasteiger partial charge on any atom is -0.462 e. The molecule has 52 heavy (non-hydrogen) atoms. The molecule has 0 aliphatic rings. The van der Waals surface area contributed by atoms with Crippen molar-refractivity contribution in [3.63, 3.8) is 0 Å². The second kappa shape index (κ2) is 39.1. The zero-order valence-corrected chi connectivity index (χ0v) is 35.4. The van der Waals surface area contributed by atoms with Gasteiger partial charge in [-0.05, 0) is 31.1 Å². The minimum absolute atomic E-state index is 0.0660. The first-order chi connectivity index (χ1) is 25.3. The fourth-order valence-corrected chi connectivity index (χ4v) is 6.72. The molecule has 0 N–H and O–H groups in total. The second-order valence-electron chi connectivity index (χ2n) is 16.4. The van der Waals surface area contributed by atoms with E-state index in [1.54, 1.807) is 0 Å². The summed E-state index contributed by atoms with van der Waals surface area (Å²) in [5.74, 6) is 0.729. The van der Waals surface area contributed by atoms with Gasteiger partial charge in [0.25, 0.3) is 0 Å². The van der Waals surface area contributed by atoms with Crippen LogP contribution >= 0.6 is 0 Å². The van der Waals surface area contributed by atoms with E-state index in [2.05, 4.69) is 34.6 Å². The van der Waals surface area contributed by atoms with Crippen LogP contribution in [0, 0.1) is 11.8 Å². The van der Waals surface area contributed by atoms with Crippen molar-refractivity contribution < 1.29 is 28.6 Å². The molecule has 0 bridgehead atoms. The summed E-state index contributed by atoms with van der Waals surface area (Å²) >= 11 is 0. The molecule has 6 nitrogen and oxygen atoms in total. The number of hydrogen-bond donors (Lipinski definition) is 0. The Morgan fingerprint density at radius 3 is 1.10 bits per heavy atom. The van der Waals surface area contributed by atoms with Crippen LogP contribution in [0.5, 0.6) is 0 Å². The highest BCUT2D eigenvalue weighted by Gasteiger charge is 2.19. The van der Waals surface area contributed by atoms with Gasteiger partial charge in [0, 0.05) is 19.3 Å². The predicted molar refractivity (Wildman–Crippen MR) is 220 cm³/mol. The standard InChI is InChI=1S/C46H88O6/c1-6-8-9-10-11-12-13-14-15-16-17-20-26-31-36-44(47)50-39-43(52-46(49)38-33-28-21-18-19-24-29-34-41(3)4)40-51-45(48)37-32-27-23-22-25-30-35-42(5)7-2/h41-43H,6-40H2,1-5H3/t42?,43-/m1/s1. The van der Waals surface area contributed by atoms with E-state index in [-0.39, 0.29) is 31.1 Å². The van der Waals surface area contributed by atoms with E-state index >= 15 is 0 Å². The Bertz CT molecular complexity index is 796. The molecule has 0 amide bonds. The molecular formula is C46H88O6. The molecule has 0 aliphatic heterocycles. The molecule has 0 aromatic rings. The molecular weight excluding hydrogens is 648 g/mol. The lowest BCUT2D eigenvalue weighted by Crippen LogP contribution is -2.30. The van der Waals surface area contributed by atoms with E-state index in [1.165, 1.54) is 135 Å². The van der Waals surface area contributed by atoms with Crippen molar-refractivity contribution in [3.8, 4) is 0 Å². The van der Waals surface area contributed by atoms with Gasteiger partial charge < -0.3 is 14.2 Å². The fourth-order valence-electron chi connectivity index (χ4n) is 6.72. The third kappa shape index (κ3) is 38.1. The maximum Gasteiger partial charge on any atom is 0.306 e. The summed E-state index contributed by atoms with van der Waals surface area (Å²) in [6.07, 6.45) is 36.7. The molecule has 0 fully saturated rings. The predicted octanol–water partition coefficient (Wildman–Crippen LogP) is 14.2. The lowest BCUT2D eigenvalue weighted by Gasteiger charge is -2.18. The summed E-state index contributed by atoms with van der Waals surface area (Å²) in [6.45, 7) is 11.3. The van der Waals surface area contributed by atoms with Gasteiger partial charge in [0.2, 0.25) is 0 Å². The Labute approximate surface area is 323 Å². The van der Waals surface area contributed by atoms with Gasteiger partial charge in [0.1, 0.15) is 13.2 Å². The molecule has 0 aliphatic carbocycles. The highest BCUT2D eigenvalue weighted by atomic mass is 16.6. The molecule has 0 aromatic heterocycles. The van der Waals surface area contributed by atoms with E-state index in [0.717, 1.165) is 69.6 Å². The molecule has 308 valence electrons. The average Bonchev–Trinajstić information content (AvgIpc) is 3.12. The van der Waals surface area contributed by atoms with Crippen molar-refractivity contribution in [2.75, 3.05) is 13.2 Å². The lowest BCUT2D eigenvalue weighted by molar-refractivity contribution is -0.167. The zero-order valence-electron chi connectivity index (χ0n) is 35.4. The van der Waals surface area contributed by atoms with Crippen molar-refractivity contribution in [2.24, 2.45) is 11.8 Å². The maximum absolute atomic E-state index is 12.7. The van der Waals surface area contributed by atoms with Crippen LogP contribution in [0.25, 0.3) is 0 Å². The van der Waals surface area contributed by atoms with E-state index < -0.39 is 6.10 Å². The van der Waals surface area contributed by atoms with Gasteiger partial charge in [0.15, 0.2) is 6.10 Å².